The number of carbonyl (C=O) groups is 2. The molecule has 1 aliphatic rings. The molecule has 0 bridgehead atoms. The summed E-state index contributed by atoms with van der Waals surface area (Å²) in [5.41, 5.74) is 0.774. The summed E-state index contributed by atoms with van der Waals surface area (Å²) in [6.45, 7) is 3.32. The van der Waals surface area contributed by atoms with Crippen molar-refractivity contribution in [3.63, 3.8) is 0 Å². The Balaban J connectivity index is 2.59. The van der Waals surface area contributed by atoms with Gasteiger partial charge < -0.3 is 0 Å². The van der Waals surface area contributed by atoms with Gasteiger partial charge in [0.2, 0.25) is 5.91 Å². The third-order valence-corrected chi connectivity index (χ3v) is 1.36. The van der Waals surface area contributed by atoms with Gasteiger partial charge in [-0.05, 0) is 13.8 Å². The van der Waals surface area contributed by atoms with Crippen LogP contribution in [-0.2, 0) is 9.59 Å². The van der Waals surface area contributed by atoms with Gasteiger partial charge in [-0.3, -0.25) is 9.59 Å². The molecule has 0 fully saturated rings. The van der Waals surface area contributed by atoms with Crippen LogP contribution in [0.2, 0.25) is 0 Å². The third-order valence-electron chi connectivity index (χ3n) is 1.36. The van der Waals surface area contributed by atoms with E-state index in [2.05, 4.69) is 5.10 Å². The zero-order valence-electron chi connectivity index (χ0n) is 6.63. The van der Waals surface area contributed by atoms with Crippen LogP contribution >= 0.6 is 0 Å². The highest BCUT2D eigenvalue weighted by Crippen LogP contribution is 2.06. The molecule has 0 unspecified atom stereocenters. The van der Waals surface area contributed by atoms with Gasteiger partial charge in [-0.25, -0.2) is 5.01 Å². The number of amides is 1. The summed E-state index contributed by atoms with van der Waals surface area (Å²) < 4.78 is 0. The second-order valence-corrected chi connectivity index (χ2v) is 2.67. The molecule has 4 heteroatoms. The topological polar surface area (TPSA) is 49.7 Å². The van der Waals surface area contributed by atoms with Gasteiger partial charge in [0.25, 0.3) is 0 Å². The monoisotopic (exact) mass is 154 g/mol. The van der Waals surface area contributed by atoms with Crippen molar-refractivity contribution in [3.8, 4) is 0 Å². The SMILES string of the molecule is CC(=O)CN1N=C(C)CC1=O. The predicted octanol–water partition coefficient (Wildman–Crippen LogP) is 0.184. The first kappa shape index (κ1) is 7.91. The van der Waals surface area contributed by atoms with Crippen LogP contribution < -0.4 is 0 Å². The molecule has 0 N–H and O–H groups in total. The molecule has 0 aliphatic carbocycles. The zero-order chi connectivity index (χ0) is 8.43. The molecular weight excluding hydrogens is 144 g/mol. The molecule has 0 atom stereocenters. The minimum atomic E-state index is -0.0855. The van der Waals surface area contributed by atoms with Gasteiger partial charge >= 0.3 is 0 Å². The highest BCUT2D eigenvalue weighted by Gasteiger charge is 2.21. The summed E-state index contributed by atoms with van der Waals surface area (Å²) in [7, 11) is 0. The van der Waals surface area contributed by atoms with Crippen molar-refractivity contribution in [3.05, 3.63) is 0 Å². The van der Waals surface area contributed by atoms with E-state index in [4.69, 9.17) is 0 Å². The average molecular weight is 154 g/mol. The maximum atomic E-state index is 11.0. The molecule has 1 rings (SSSR count). The number of carbonyl (C=O) groups excluding carboxylic acids is 2. The number of Topliss-reactive ketones (excluding diaryl/α,β-unsaturated/α-hetero) is 1. The van der Waals surface area contributed by atoms with Gasteiger partial charge in [-0.2, -0.15) is 5.10 Å². The van der Waals surface area contributed by atoms with Crippen LogP contribution in [0.25, 0.3) is 0 Å². The maximum Gasteiger partial charge on any atom is 0.248 e. The Kier molecular flexibility index (Phi) is 2.03. The predicted molar refractivity (Wildman–Crippen MR) is 40.1 cm³/mol. The Morgan fingerprint density at radius 1 is 1.73 bits per heavy atom. The Labute approximate surface area is 64.9 Å². The molecule has 0 radical (unpaired) electrons. The average Bonchev–Trinajstić information content (AvgIpc) is 2.09. The fourth-order valence-corrected chi connectivity index (χ4v) is 0.942. The van der Waals surface area contributed by atoms with Crippen molar-refractivity contribution in [1.29, 1.82) is 0 Å². The molecule has 0 saturated heterocycles. The second kappa shape index (κ2) is 2.82. The van der Waals surface area contributed by atoms with Crippen molar-refractivity contribution < 1.29 is 9.59 Å². The quantitative estimate of drug-likeness (QED) is 0.569. The standard InChI is InChI=1S/C7H10N2O2/c1-5-3-7(11)9(8-5)4-6(2)10/h3-4H2,1-2H3. The fourth-order valence-electron chi connectivity index (χ4n) is 0.942. The lowest BCUT2D eigenvalue weighted by Crippen LogP contribution is -2.25. The molecule has 0 aromatic heterocycles. The first-order chi connectivity index (χ1) is 5.09. The molecule has 60 valence electrons. The summed E-state index contributed by atoms with van der Waals surface area (Å²) >= 11 is 0. The summed E-state index contributed by atoms with van der Waals surface area (Å²) in [5.74, 6) is -0.130. The summed E-state index contributed by atoms with van der Waals surface area (Å²) in [6.07, 6.45) is 0.354. The van der Waals surface area contributed by atoms with Crippen LogP contribution in [0.1, 0.15) is 20.3 Å². The second-order valence-electron chi connectivity index (χ2n) is 2.67. The van der Waals surface area contributed by atoms with E-state index in [0.29, 0.717) is 6.42 Å². The van der Waals surface area contributed by atoms with Crippen molar-refractivity contribution in [1.82, 2.24) is 5.01 Å². The summed E-state index contributed by atoms with van der Waals surface area (Å²) in [6, 6.07) is 0. The molecule has 0 aromatic carbocycles. The van der Waals surface area contributed by atoms with Crippen molar-refractivity contribution in [2.75, 3.05) is 6.54 Å². The number of hydrogen-bond donors (Lipinski definition) is 0. The van der Waals surface area contributed by atoms with E-state index in [9.17, 15) is 9.59 Å². The highest BCUT2D eigenvalue weighted by molar-refractivity contribution is 6.04. The van der Waals surface area contributed by atoms with Crippen LogP contribution in [0.5, 0.6) is 0 Å². The van der Waals surface area contributed by atoms with Crippen molar-refractivity contribution in [2.24, 2.45) is 5.10 Å². The fraction of sp³-hybridized carbons (Fsp3) is 0.571. The largest absolute Gasteiger partial charge is 0.298 e. The molecule has 0 spiro atoms. The van der Waals surface area contributed by atoms with Crippen molar-refractivity contribution >= 4 is 17.4 Å². The molecule has 0 aromatic rings. The molecule has 4 nitrogen and oxygen atoms in total. The van der Waals surface area contributed by atoms with Crippen LogP contribution in [-0.4, -0.2) is 29.0 Å². The summed E-state index contributed by atoms with van der Waals surface area (Å²) in [5, 5.41) is 5.11. The van der Waals surface area contributed by atoms with E-state index in [0.717, 1.165) is 5.71 Å². The molecular formula is C7H10N2O2. The first-order valence-electron chi connectivity index (χ1n) is 3.43. The van der Waals surface area contributed by atoms with E-state index in [-0.39, 0.29) is 18.2 Å². The van der Waals surface area contributed by atoms with Gasteiger partial charge in [-0.15, -0.1) is 0 Å². The van der Waals surface area contributed by atoms with Crippen LogP contribution in [0.15, 0.2) is 5.10 Å². The highest BCUT2D eigenvalue weighted by atomic mass is 16.2. The number of ketones is 1. The zero-order valence-corrected chi connectivity index (χ0v) is 6.63. The summed E-state index contributed by atoms with van der Waals surface area (Å²) in [4.78, 5) is 21.6. The lowest BCUT2D eigenvalue weighted by atomic mass is 10.3. The lowest BCUT2D eigenvalue weighted by Gasteiger charge is -2.07. The van der Waals surface area contributed by atoms with Crippen LogP contribution in [0.4, 0.5) is 0 Å². The van der Waals surface area contributed by atoms with Gasteiger partial charge in [0, 0.05) is 5.71 Å². The number of nitrogens with zero attached hydrogens (tertiary/aromatic N) is 2. The Morgan fingerprint density at radius 2 is 2.36 bits per heavy atom. The molecule has 0 saturated carbocycles. The Hall–Kier alpha value is -1.19. The third kappa shape index (κ3) is 1.86. The van der Waals surface area contributed by atoms with E-state index in [1.807, 2.05) is 0 Å². The molecule has 1 amide bonds. The van der Waals surface area contributed by atoms with E-state index in [1.165, 1.54) is 11.9 Å². The smallest absolute Gasteiger partial charge is 0.248 e. The normalized spacial score (nSPS) is 17.1. The number of rotatable bonds is 2. The van der Waals surface area contributed by atoms with Gasteiger partial charge in [0.05, 0.1) is 6.42 Å². The molecule has 11 heavy (non-hydrogen) atoms. The number of hydrazone groups is 1. The molecule has 1 aliphatic heterocycles. The van der Waals surface area contributed by atoms with Crippen LogP contribution in [0, 0.1) is 0 Å². The van der Waals surface area contributed by atoms with Gasteiger partial charge in [0.15, 0.2) is 5.78 Å². The Morgan fingerprint density at radius 3 is 2.73 bits per heavy atom. The van der Waals surface area contributed by atoms with E-state index in [1.54, 1.807) is 6.92 Å². The minimum absolute atomic E-state index is 0.0446. The van der Waals surface area contributed by atoms with Crippen LogP contribution in [0.3, 0.4) is 0 Å². The Bertz CT molecular complexity index is 233. The first-order valence-corrected chi connectivity index (χ1v) is 3.43. The number of hydrogen-bond acceptors (Lipinski definition) is 3. The van der Waals surface area contributed by atoms with Gasteiger partial charge in [0.1, 0.15) is 6.54 Å². The van der Waals surface area contributed by atoms with Crippen molar-refractivity contribution in [2.45, 2.75) is 20.3 Å². The molecule has 1 heterocycles. The van der Waals surface area contributed by atoms with E-state index >= 15 is 0 Å². The van der Waals surface area contributed by atoms with E-state index < -0.39 is 0 Å². The van der Waals surface area contributed by atoms with Gasteiger partial charge in [-0.1, -0.05) is 0 Å². The maximum absolute atomic E-state index is 11.0. The minimum Gasteiger partial charge on any atom is -0.298 e. The lowest BCUT2D eigenvalue weighted by molar-refractivity contribution is -0.132.